The summed E-state index contributed by atoms with van der Waals surface area (Å²) in [6, 6.07) is 15.9. The number of hydrogen-bond donors (Lipinski definition) is 2. The molecule has 0 radical (unpaired) electrons. The van der Waals surface area contributed by atoms with Gasteiger partial charge in [0.15, 0.2) is 0 Å². The van der Waals surface area contributed by atoms with Crippen LogP contribution in [0.15, 0.2) is 48.5 Å². The molecule has 1 amide bonds. The summed E-state index contributed by atoms with van der Waals surface area (Å²) in [5.74, 6) is 0.753. The summed E-state index contributed by atoms with van der Waals surface area (Å²) in [7, 11) is 0. The highest BCUT2D eigenvalue weighted by molar-refractivity contribution is 5.73. The zero-order chi connectivity index (χ0) is 16.2. The van der Waals surface area contributed by atoms with Crippen LogP contribution < -0.4 is 20.7 Å². The normalized spacial score (nSPS) is 16.4. The topological polar surface area (TPSA) is 67.6 Å². The molecule has 1 unspecified atom stereocenters. The van der Waals surface area contributed by atoms with Crippen LogP contribution in [0.4, 0.5) is 11.4 Å². The van der Waals surface area contributed by atoms with Gasteiger partial charge in [-0.15, -0.1) is 0 Å². The van der Waals surface area contributed by atoms with E-state index in [1.54, 1.807) is 0 Å². The zero-order valence-electron chi connectivity index (χ0n) is 13.2. The van der Waals surface area contributed by atoms with E-state index < -0.39 is 0 Å². The fourth-order valence-electron chi connectivity index (χ4n) is 2.76. The molecule has 0 aliphatic carbocycles. The number of fused-ring (bicyclic) bond motifs is 1. The minimum absolute atomic E-state index is 0.0497. The number of rotatable bonds is 4. The van der Waals surface area contributed by atoms with Gasteiger partial charge in [0, 0.05) is 19.2 Å². The van der Waals surface area contributed by atoms with Crippen molar-refractivity contribution in [1.29, 1.82) is 0 Å². The first-order valence-electron chi connectivity index (χ1n) is 7.71. The lowest BCUT2D eigenvalue weighted by Gasteiger charge is -2.36. The molecule has 3 N–H and O–H groups in total. The van der Waals surface area contributed by atoms with Crippen molar-refractivity contribution in [2.45, 2.75) is 19.6 Å². The molecule has 1 aliphatic heterocycles. The molecular weight excluding hydrogens is 290 g/mol. The number of carbonyl (C=O) groups is 1. The Morgan fingerprint density at radius 3 is 2.83 bits per heavy atom. The summed E-state index contributed by atoms with van der Waals surface area (Å²) in [6.45, 7) is 3.48. The first-order valence-corrected chi connectivity index (χ1v) is 7.71. The van der Waals surface area contributed by atoms with E-state index in [1.165, 1.54) is 12.5 Å². The van der Waals surface area contributed by atoms with Gasteiger partial charge in [-0.3, -0.25) is 4.79 Å². The SMILES string of the molecule is CC(=O)NCC1CN(Cc2ccccc2)c2cc(N)ccc2O1. The van der Waals surface area contributed by atoms with E-state index in [9.17, 15) is 4.79 Å². The van der Waals surface area contributed by atoms with Crippen LogP contribution in [-0.2, 0) is 11.3 Å². The maximum Gasteiger partial charge on any atom is 0.217 e. The lowest BCUT2D eigenvalue weighted by molar-refractivity contribution is -0.119. The van der Waals surface area contributed by atoms with Crippen molar-refractivity contribution in [3.05, 3.63) is 54.1 Å². The quantitative estimate of drug-likeness (QED) is 0.849. The first-order chi connectivity index (χ1) is 11.1. The maximum absolute atomic E-state index is 11.2. The third-order valence-electron chi connectivity index (χ3n) is 3.84. The lowest BCUT2D eigenvalue weighted by atomic mass is 10.1. The Hall–Kier alpha value is -2.69. The molecule has 5 nitrogen and oxygen atoms in total. The number of benzene rings is 2. The van der Waals surface area contributed by atoms with E-state index in [0.717, 1.165) is 18.0 Å². The highest BCUT2D eigenvalue weighted by atomic mass is 16.5. The van der Waals surface area contributed by atoms with Crippen LogP contribution in [0, 0.1) is 0 Å². The van der Waals surface area contributed by atoms with Crippen molar-refractivity contribution in [1.82, 2.24) is 5.32 Å². The Bertz CT molecular complexity index is 688. The lowest BCUT2D eigenvalue weighted by Crippen LogP contribution is -2.45. The number of amides is 1. The number of nitrogens with zero attached hydrogens (tertiary/aromatic N) is 1. The van der Waals surface area contributed by atoms with Gasteiger partial charge in [-0.25, -0.2) is 0 Å². The second-order valence-electron chi connectivity index (χ2n) is 5.77. The van der Waals surface area contributed by atoms with Gasteiger partial charge in [0.1, 0.15) is 11.9 Å². The van der Waals surface area contributed by atoms with Gasteiger partial charge in [0.05, 0.1) is 18.8 Å². The van der Waals surface area contributed by atoms with Crippen molar-refractivity contribution in [2.24, 2.45) is 0 Å². The van der Waals surface area contributed by atoms with Gasteiger partial charge in [0.25, 0.3) is 0 Å². The number of nitrogens with two attached hydrogens (primary N) is 1. The maximum atomic E-state index is 11.2. The molecule has 1 heterocycles. The summed E-state index contributed by atoms with van der Waals surface area (Å²) in [6.07, 6.45) is -0.0845. The molecule has 0 saturated carbocycles. The molecule has 1 aliphatic rings. The summed E-state index contributed by atoms with van der Waals surface area (Å²) in [5.41, 5.74) is 8.86. The van der Waals surface area contributed by atoms with Gasteiger partial charge in [-0.1, -0.05) is 30.3 Å². The van der Waals surface area contributed by atoms with E-state index in [0.29, 0.717) is 18.8 Å². The Labute approximate surface area is 136 Å². The van der Waals surface area contributed by atoms with E-state index in [4.69, 9.17) is 10.5 Å². The minimum atomic E-state index is -0.0845. The van der Waals surface area contributed by atoms with Gasteiger partial charge in [-0.05, 0) is 23.8 Å². The van der Waals surface area contributed by atoms with Gasteiger partial charge < -0.3 is 20.7 Å². The van der Waals surface area contributed by atoms with Crippen LogP contribution >= 0.6 is 0 Å². The molecule has 0 saturated heterocycles. The van der Waals surface area contributed by atoms with Crippen molar-refractivity contribution < 1.29 is 9.53 Å². The average Bonchev–Trinajstić information content (AvgIpc) is 2.54. The Morgan fingerprint density at radius 2 is 2.09 bits per heavy atom. The number of nitrogens with one attached hydrogen (secondary N) is 1. The average molecular weight is 311 g/mol. The van der Waals surface area contributed by atoms with Crippen LogP contribution in [0.25, 0.3) is 0 Å². The zero-order valence-corrected chi connectivity index (χ0v) is 13.2. The molecule has 0 fully saturated rings. The van der Waals surface area contributed by atoms with Gasteiger partial charge in [-0.2, -0.15) is 0 Å². The molecule has 2 aromatic carbocycles. The second kappa shape index (κ2) is 6.60. The molecule has 23 heavy (non-hydrogen) atoms. The summed E-state index contributed by atoms with van der Waals surface area (Å²) in [5, 5.41) is 2.83. The Balaban J connectivity index is 1.83. The van der Waals surface area contributed by atoms with Gasteiger partial charge >= 0.3 is 0 Å². The number of carbonyl (C=O) groups excluding carboxylic acids is 1. The molecular formula is C18H21N3O2. The van der Waals surface area contributed by atoms with Crippen LogP contribution in [0.5, 0.6) is 5.75 Å². The molecule has 0 spiro atoms. The van der Waals surface area contributed by atoms with Crippen LogP contribution in [-0.4, -0.2) is 25.1 Å². The minimum Gasteiger partial charge on any atom is -0.485 e. The van der Waals surface area contributed by atoms with Crippen molar-refractivity contribution in [3.63, 3.8) is 0 Å². The van der Waals surface area contributed by atoms with Crippen molar-refractivity contribution >= 4 is 17.3 Å². The Kier molecular flexibility index (Phi) is 4.37. The highest BCUT2D eigenvalue weighted by Gasteiger charge is 2.26. The second-order valence-corrected chi connectivity index (χ2v) is 5.77. The Morgan fingerprint density at radius 1 is 1.30 bits per heavy atom. The largest absolute Gasteiger partial charge is 0.485 e. The standard InChI is InChI=1S/C18H21N3O2/c1-13(22)20-10-16-12-21(11-14-5-3-2-4-6-14)17-9-15(19)7-8-18(17)23-16/h2-9,16H,10-12,19H2,1H3,(H,20,22). The summed E-state index contributed by atoms with van der Waals surface area (Å²) in [4.78, 5) is 13.4. The fraction of sp³-hybridized carbons (Fsp3) is 0.278. The summed E-state index contributed by atoms with van der Waals surface area (Å²) < 4.78 is 5.99. The smallest absolute Gasteiger partial charge is 0.217 e. The van der Waals surface area contributed by atoms with Crippen molar-refractivity contribution in [2.75, 3.05) is 23.7 Å². The predicted molar refractivity (Wildman–Crippen MR) is 91.4 cm³/mol. The molecule has 0 aromatic heterocycles. The van der Waals surface area contributed by atoms with E-state index in [2.05, 4.69) is 22.3 Å². The van der Waals surface area contributed by atoms with Gasteiger partial charge in [0.2, 0.25) is 5.91 Å². The highest BCUT2D eigenvalue weighted by Crippen LogP contribution is 2.35. The van der Waals surface area contributed by atoms with E-state index in [-0.39, 0.29) is 12.0 Å². The molecule has 0 bridgehead atoms. The molecule has 5 heteroatoms. The molecule has 3 rings (SSSR count). The van der Waals surface area contributed by atoms with E-state index >= 15 is 0 Å². The van der Waals surface area contributed by atoms with Crippen LogP contribution in [0.1, 0.15) is 12.5 Å². The predicted octanol–water partition coefficient (Wildman–Crippen LogP) is 2.17. The molecule has 1 atom stereocenters. The molecule has 120 valence electrons. The monoisotopic (exact) mass is 311 g/mol. The number of anilines is 2. The molecule has 2 aromatic rings. The third kappa shape index (κ3) is 3.74. The summed E-state index contributed by atoms with van der Waals surface area (Å²) >= 11 is 0. The van der Waals surface area contributed by atoms with Crippen molar-refractivity contribution in [3.8, 4) is 5.75 Å². The van der Waals surface area contributed by atoms with Crippen LogP contribution in [0.3, 0.4) is 0 Å². The fourth-order valence-corrected chi connectivity index (χ4v) is 2.76. The number of nitrogen functional groups attached to an aromatic ring is 1. The van der Waals surface area contributed by atoms with E-state index in [1.807, 2.05) is 36.4 Å². The van der Waals surface area contributed by atoms with Crippen LogP contribution in [0.2, 0.25) is 0 Å². The number of ether oxygens (including phenoxy) is 1. The third-order valence-corrected chi connectivity index (χ3v) is 3.84. The number of hydrogen-bond acceptors (Lipinski definition) is 4. The first kappa shape index (κ1) is 15.2.